The number of amides is 1. The normalized spacial score (nSPS) is 13.1. The molecule has 0 fully saturated rings. The molecule has 0 bridgehead atoms. The molecule has 31 heavy (non-hydrogen) atoms. The van der Waals surface area contributed by atoms with Crippen molar-refractivity contribution in [1.29, 1.82) is 0 Å². The number of fused-ring (bicyclic) bond motifs is 1. The van der Waals surface area contributed by atoms with Gasteiger partial charge in [0.2, 0.25) is 5.91 Å². The minimum absolute atomic E-state index is 0.0570. The van der Waals surface area contributed by atoms with Crippen LogP contribution in [-0.4, -0.2) is 38.3 Å². The van der Waals surface area contributed by atoms with Gasteiger partial charge < -0.3 is 19.6 Å². The molecule has 7 nitrogen and oxygen atoms in total. The number of hydrogen-bond acceptors (Lipinski definition) is 5. The molecule has 0 saturated heterocycles. The second-order valence-corrected chi connectivity index (χ2v) is 8.60. The quantitative estimate of drug-likeness (QED) is 0.437. The van der Waals surface area contributed by atoms with Crippen LogP contribution in [0.5, 0.6) is 5.75 Å². The highest BCUT2D eigenvalue weighted by atomic mass is 32.2. The van der Waals surface area contributed by atoms with Gasteiger partial charge in [-0.15, -0.1) is 11.8 Å². The summed E-state index contributed by atoms with van der Waals surface area (Å²) < 4.78 is 7.27. The first-order valence-electron chi connectivity index (χ1n) is 10.0. The molecular formula is C23H25N5O2S. The number of carbonyl (C=O) groups is 1. The highest BCUT2D eigenvalue weighted by molar-refractivity contribution is 8.00. The number of carbonyl (C=O) groups excluding carboxylic acids is 1. The topological polar surface area (TPSA) is 84.8 Å². The minimum Gasteiger partial charge on any atom is -0.497 e. The lowest BCUT2D eigenvalue weighted by molar-refractivity contribution is -0.119. The Kier molecular flexibility index (Phi) is 6.27. The van der Waals surface area contributed by atoms with E-state index in [-0.39, 0.29) is 17.2 Å². The molecule has 2 aromatic heterocycles. The van der Waals surface area contributed by atoms with E-state index in [9.17, 15) is 4.79 Å². The molecule has 1 amide bonds. The Labute approximate surface area is 185 Å². The van der Waals surface area contributed by atoms with Crippen molar-refractivity contribution in [3.8, 4) is 5.75 Å². The molecule has 8 heteroatoms. The van der Waals surface area contributed by atoms with Crippen molar-refractivity contribution in [2.45, 2.75) is 18.2 Å². The molecule has 0 aliphatic carbocycles. The van der Waals surface area contributed by atoms with Crippen LogP contribution in [0.4, 0.5) is 0 Å². The number of rotatable bonds is 8. The number of benzene rings is 2. The van der Waals surface area contributed by atoms with Crippen molar-refractivity contribution in [3.63, 3.8) is 0 Å². The van der Waals surface area contributed by atoms with Crippen LogP contribution in [0.15, 0.2) is 60.9 Å². The van der Waals surface area contributed by atoms with Gasteiger partial charge in [0.05, 0.1) is 29.1 Å². The highest BCUT2D eigenvalue weighted by Crippen LogP contribution is 2.28. The number of nitrogens with one attached hydrogen (secondary N) is 2. The van der Waals surface area contributed by atoms with Crippen molar-refractivity contribution >= 4 is 28.7 Å². The van der Waals surface area contributed by atoms with Gasteiger partial charge in [0.25, 0.3) is 0 Å². The Balaban J connectivity index is 1.46. The molecule has 2 aromatic carbocycles. The largest absolute Gasteiger partial charge is 0.497 e. The molecule has 0 radical (unpaired) electrons. The molecular weight excluding hydrogens is 410 g/mol. The van der Waals surface area contributed by atoms with Crippen LogP contribution >= 0.6 is 11.8 Å². The standard InChI is InChI=1S/C23H25N5O2S/c1-15(22-25-18-9-4-5-10-19(18)26-22)31-14-20(29)27-21(23-24-11-12-28(23)2)16-7-6-8-17(13-16)30-3/h4-13,15,21H,14H2,1-3H3,(H,25,26)(H,27,29). The summed E-state index contributed by atoms with van der Waals surface area (Å²) in [6.07, 6.45) is 3.60. The van der Waals surface area contributed by atoms with Crippen LogP contribution in [0.2, 0.25) is 0 Å². The SMILES string of the molecule is COc1cccc(C(NC(=O)CSC(C)c2nc3ccccc3[nH]2)c2nccn2C)c1. The summed E-state index contributed by atoms with van der Waals surface area (Å²) in [5.41, 5.74) is 2.85. The van der Waals surface area contributed by atoms with Gasteiger partial charge in [0.1, 0.15) is 23.4 Å². The number of methoxy groups -OCH3 is 1. The van der Waals surface area contributed by atoms with E-state index in [1.165, 1.54) is 0 Å². The zero-order valence-electron chi connectivity index (χ0n) is 17.7. The van der Waals surface area contributed by atoms with Gasteiger partial charge in [-0.2, -0.15) is 0 Å². The Morgan fingerprint density at radius 1 is 1.26 bits per heavy atom. The number of aromatic nitrogens is 4. The van der Waals surface area contributed by atoms with Gasteiger partial charge in [0.15, 0.2) is 0 Å². The Hall–Kier alpha value is -3.26. The predicted octanol–water partition coefficient (Wildman–Crippen LogP) is 4.01. The first-order valence-corrected chi connectivity index (χ1v) is 11.1. The molecule has 2 heterocycles. The molecule has 160 valence electrons. The fourth-order valence-electron chi connectivity index (χ4n) is 3.42. The van der Waals surface area contributed by atoms with Gasteiger partial charge in [-0.1, -0.05) is 24.3 Å². The predicted molar refractivity (Wildman–Crippen MR) is 123 cm³/mol. The highest BCUT2D eigenvalue weighted by Gasteiger charge is 2.22. The summed E-state index contributed by atoms with van der Waals surface area (Å²) in [6, 6.07) is 15.2. The fraction of sp³-hybridized carbons (Fsp3) is 0.261. The smallest absolute Gasteiger partial charge is 0.230 e. The Morgan fingerprint density at radius 3 is 2.84 bits per heavy atom. The van der Waals surface area contributed by atoms with Gasteiger partial charge >= 0.3 is 0 Å². The second-order valence-electron chi connectivity index (χ2n) is 7.27. The summed E-state index contributed by atoms with van der Waals surface area (Å²) in [5, 5.41) is 3.19. The Bertz CT molecular complexity index is 1150. The summed E-state index contributed by atoms with van der Waals surface area (Å²) in [4.78, 5) is 25.3. The zero-order chi connectivity index (χ0) is 21.8. The maximum Gasteiger partial charge on any atom is 0.230 e. The zero-order valence-corrected chi connectivity index (χ0v) is 18.5. The maximum atomic E-state index is 12.9. The van der Waals surface area contributed by atoms with Crippen LogP contribution in [-0.2, 0) is 11.8 Å². The van der Waals surface area contributed by atoms with Gasteiger partial charge in [0, 0.05) is 19.4 Å². The Morgan fingerprint density at radius 2 is 2.10 bits per heavy atom. The number of nitrogens with zero attached hydrogens (tertiary/aromatic N) is 3. The molecule has 0 aliphatic rings. The third kappa shape index (κ3) is 4.74. The summed E-state index contributed by atoms with van der Waals surface area (Å²) in [6.45, 7) is 2.05. The van der Waals surface area contributed by atoms with Crippen LogP contribution < -0.4 is 10.1 Å². The average molecular weight is 436 g/mol. The third-order valence-corrected chi connectivity index (χ3v) is 6.26. The molecule has 0 saturated carbocycles. The monoisotopic (exact) mass is 435 g/mol. The summed E-state index contributed by atoms with van der Waals surface area (Å²) in [7, 11) is 3.55. The van der Waals surface area contributed by atoms with Gasteiger partial charge in [-0.3, -0.25) is 4.79 Å². The van der Waals surface area contributed by atoms with Crippen molar-refractivity contribution in [2.75, 3.05) is 12.9 Å². The van der Waals surface area contributed by atoms with Crippen LogP contribution in [0, 0.1) is 0 Å². The molecule has 2 atom stereocenters. The molecule has 4 rings (SSSR count). The van der Waals surface area contributed by atoms with E-state index in [0.29, 0.717) is 5.75 Å². The lowest BCUT2D eigenvalue weighted by Crippen LogP contribution is -2.32. The maximum absolute atomic E-state index is 12.9. The fourth-order valence-corrected chi connectivity index (χ4v) is 4.17. The van der Waals surface area contributed by atoms with Gasteiger partial charge in [-0.25, -0.2) is 9.97 Å². The number of hydrogen-bond donors (Lipinski definition) is 2. The van der Waals surface area contributed by atoms with E-state index >= 15 is 0 Å². The first kappa shape index (κ1) is 21.0. The van der Waals surface area contributed by atoms with E-state index in [1.54, 1.807) is 25.1 Å². The number of para-hydroxylation sites is 2. The van der Waals surface area contributed by atoms with E-state index in [0.717, 1.165) is 34.0 Å². The molecule has 0 spiro atoms. The lowest BCUT2D eigenvalue weighted by atomic mass is 10.1. The number of imidazole rings is 2. The molecule has 0 aliphatic heterocycles. The van der Waals surface area contributed by atoms with Gasteiger partial charge in [-0.05, 0) is 36.8 Å². The number of aryl methyl sites for hydroxylation is 1. The van der Waals surface area contributed by atoms with E-state index in [1.807, 2.05) is 73.3 Å². The lowest BCUT2D eigenvalue weighted by Gasteiger charge is -2.20. The van der Waals surface area contributed by atoms with Crippen molar-refractivity contribution in [1.82, 2.24) is 24.8 Å². The molecule has 4 aromatic rings. The van der Waals surface area contributed by atoms with Crippen molar-refractivity contribution in [2.24, 2.45) is 7.05 Å². The number of H-pyrrole nitrogens is 1. The van der Waals surface area contributed by atoms with Crippen molar-refractivity contribution in [3.05, 3.63) is 78.1 Å². The van der Waals surface area contributed by atoms with Crippen LogP contribution in [0.1, 0.15) is 35.4 Å². The summed E-state index contributed by atoms with van der Waals surface area (Å²) >= 11 is 1.54. The van der Waals surface area contributed by atoms with E-state index in [2.05, 4.69) is 20.3 Å². The number of ether oxygens (including phenoxy) is 1. The third-order valence-electron chi connectivity index (χ3n) is 5.11. The average Bonchev–Trinajstić information content (AvgIpc) is 3.42. The van der Waals surface area contributed by atoms with E-state index in [4.69, 9.17) is 4.74 Å². The molecule has 2 N–H and O–H groups in total. The molecule has 2 unspecified atom stereocenters. The number of thioether (sulfide) groups is 1. The van der Waals surface area contributed by atoms with Crippen LogP contribution in [0.25, 0.3) is 11.0 Å². The first-order chi connectivity index (χ1) is 15.0. The van der Waals surface area contributed by atoms with E-state index < -0.39 is 0 Å². The minimum atomic E-state index is -0.371. The van der Waals surface area contributed by atoms with Crippen LogP contribution in [0.3, 0.4) is 0 Å². The van der Waals surface area contributed by atoms with Crippen molar-refractivity contribution < 1.29 is 9.53 Å². The number of aromatic amines is 1. The summed E-state index contributed by atoms with van der Waals surface area (Å²) in [5.74, 6) is 2.61. The second kappa shape index (κ2) is 9.26.